The first kappa shape index (κ1) is 25.8. The topological polar surface area (TPSA) is 61.6 Å². The Kier molecular flexibility index (Phi) is 7.68. The standard InChI is InChI=1S/C31H25Cl2NO4/c1-3-6-28-25(30(34-38-28)29-26(32)9-5-10-27(29)33)18-37-24-14-13-21-15-20(11-12-22(21)17-24)19-7-4-8-23(16-19)31(35)36-2/h4-5,7-17H,3,6,18H2,1-2H3. The van der Waals surface area contributed by atoms with Crippen molar-refractivity contribution in [1.29, 1.82) is 0 Å². The largest absolute Gasteiger partial charge is 0.489 e. The van der Waals surface area contributed by atoms with E-state index in [1.54, 1.807) is 24.3 Å². The molecule has 0 aliphatic carbocycles. The van der Waals surface area contributed by atoms with Crippen molar-refractivity contribution in [1.82, 2.24) is 5.16 Å². The number of carbonyl (C=O) groups is 1. The zero-order chi connectivity index (χ0) is 26.6. The lowest BCUT2D eigenvalue weighted by Crippen LogP contribution is -2.00. The number of rotatable bonds is 8. The van der Waals surface area contributed by atoms with Gasteiger partial charge in [0.05, 0.1) is 28.3 Å². The average Bonchev–Trinajstić information content (AvgIpc) is 3.33. The van der Waals surface area contributed by atoms with Gasteiger partial charge in [0, 0.05) is 12.0 Å². The van der Waals surface area contributed by atoms with Crippen molar-refractivity contribution in [2.45, 2.75) is 26.4 Å². The molecular weight excluding hydrogens is 521 g/mol. The van der Waals surface area contributed by atoms with E-state index < -0.39 is 0 Å². The van der Waals surface area contributed by atoms with Crippen LogP contribution in [0.3, 0.4) is 0 Å². The lowest BCUT2D eigenvalue weighted by Gasteiger charge is -2.11. The van der Waals surface area contributed by atoms with E-state index in [9.17, 15) is 4.79 Å². The van der Waals surface area contributed by atoms with Gasteiger partial charge >= 0.3 is 5.97 Å². The van der Waals surface area contributed by atoms with E-state index in [2.05, 4.69) is 18.1 Å². The zero-order valence-electron chi connectivity index (χ0n) is 21.0. The van der Waals surface area contributed by atoms with Crippen molar-refractivity contribution in [3.63, 3.8) is 0 Å². The number of ether oxygens (including phenoxy) is 2. The first-order valence-electron chi connectivity index (χ1n) is 12.3. The fourth-order valence-corrected chi connectivity index (χ4v) is 5.00. The van der Waals surface area contributed by atoms with Gasteiger partial charge in [0.2, 0.25) is 0 Å². The van der Waals surface area contributed by atoms with Crippen LogP contribution in [0.4, 0.5) is 0 Å². The number of aryl methyl sites for hydroxylation is 1. The van der Waals surface area contributed by atoms with Crippen molar-refractivity contribution < 1.29 is 18.8 Å². The van der Waals surface area contributed by atoms with Crippen LogP contribution in [-0.4, -0.2) is 18.2 Å². The molecular formula is C31H25Cl2NO4. The maximum Gasteiger partial charge on any atom is 0.337 e. The van der Waals surface area contributed by atoms with Crippen LogP contribution in [0.2, 0.25) is 10.0 Å². The Balaban J connectivity index is 1.41. The first-order chi connectivity index (χ1) is 18.5. The fourth-order valence-electron chi connectivity index (χ4n) is 4.43. The molecule has 1 heterocycles. The lowest BCUT2D eigenvalue weighted by atomic mass is 9.99. The van der Waals surface area contributed by atoms with E-state index >= 15 is 0 Å². The highest BCUT2D eigenvalue weighted by Crippen LogP contribution is 2.38. The zero-order valence-corrected chi connectivity index (χ0v) is 22.5. The molecule has 0 spiro atoms. The summed E-state index contributed by atoms with van der Waals surface area (Å²) < 4.78 is 16.7. The summed E-state index contributed by atoms with van der Waals surface area (Å²) in [4.78, 5) is 11.9. The van der Waals surface area contributed by atoms with Crippen LogP contribution in [0.25, 0.3) is 33.2 Å². The minimum atomic E-state index is -0.357. The number of hydrogen-bond donors (Lipinski definition) is 0. The molecule has 0 unspecified atom stereocenters. The number of hydrogen-bond acceptors (Lipinski definition) is 5. The second-order valence-corrected chi connectivity index (χ2v) is 9.68. The van der Waals surface area contributed by atoms with Gasteiger partial charge in [-0.15, -0.1) is 0 Å². The number of benzene rings is 4. The number of aromatic nitrogens is 1. The molecule has 0 saturated heterocycles. The molecule has 0 N–H and O–H groups in total. The van der Waals surface area contributed by atoms with Crippen molar-refractivity contribution in [3.05, 3.63) is 106 Å². The van der Waals surface area contributed by atoms with Crippen LogP contribution in [-0.2, 0) is 17.8 Å². The average molecular weight is 546 g/mol. The van der Waals surface area contributed by atoms with E-state index in [-0.39, 0.29) is 12.6 Å². The first-order valence-corrected chi connectivity index (χ1v) is 13.0. The molecule has 0 amide bonds. The highest BCUT2D eigenvalue weighted by molar-refractivity contribution is 6.39. The SMILES string of the molecule is CCCc1onc(-c2c(Cl)cccc2Cl)c1COc1ccc2cc(-c3cccc(C(=O)OC)c3)ccc2c1. The predicted molar refractivity (Wildman–Crippen MR) is 151 cm³/mol. The Morgan fingerprint density at radius 2 is 1.61 bits per heavy atom. The molecule has 5 nitrogen and oxygen atoms in total. The Hall–Kier alpha value is -3.80. The minimum absolute atomic E-state index is 0.264. The maximum absolute atomic E-state index is 11.9. The molecule has 5 rings (SSSR count). The second kappa shape index (κ2) is 11.3. The van der Waals surface area contributed by atoms with Crippen LogP contribution < -0.4 is 4.74 Å². The maximum atomic E-state index is 11.9. The van der Waals surface area contributed by atoms with E-state index in [1.807, 2.05) is 48.5 Å². The number of methoxy groups -OCH3 is 1. The van der Waals surface area contributed by atoms with Crippen molar-refractivity contribution in [2.24, 2.45) is 0 Å². The molecule has 192 valence electrons. The van der Waals surface area contributed by atoms with Crippen molar-refractivity contribution >= 4 is 39.9 Å². The van der Waals surface area contributed by atoms with Gasteiger partial charge in [-0.25, -0.2) is 4.79 Å². The summed E-state index contributed by atoms with van der Waals surface area (Å²) in [5.74, 6) is 1.13. The summed E-state index contributed by atoms with van der Waals surface area (Å²) in [7, 11) is 1.38. The molecule has 4 aromatic carbocycles. The molecule has 0 saturated carbocycles. The van der Waals surface area contributed by atoms with Gasteiger partial charge in [-0.3, -0.25) is 0 Å². The molecule has 0 aliphatic heterocycles. The number of fused-ring (bicyclic) bond motifs is 1. The highest BCUT2D eigenvalue weighted by atomic mass is 35.5. The van der Waals surface area contributed by atoms with Gasteiger partial charge < -0.3 is 14.0 Å². The summed E-state index contributed by atoms with van der Waals surface area (Å²) in [6.45, 7) is 2.35. The molecule has 0 radical (unpaired) electrons. The highest BCUT2D eigenvalue weighted by Gasteiger charge is 2.22. The summed E-state index contributed by atoms with van der Waals surface area (Å²) in [5, 5.41) is 7.40. The van der Waals surface area contributed by atoms with Gasteiger partial charge in [-0.2, -0.15) is 0 Å². The Morgan fingerprint density at radius 3 is 2.37 bits per heavy atom. The molecule has 0 fully saturated rings. The molecule has 7 heteroatoms. The number of carbonyl (C=O) groups excluding carboxylic acids is 1. The van der Waals surface area contributed by atoms with E-state index in [4.69, 9.17) is 37.2 Å². The summed E-state index contributed by atoms with van der Waals surface area (Å²) in [6.07, 6.45) is 1.63. The number of esters is 1. The minimum Gasteiger partial charge on any atom is -0.489 e. The molecule has 0 atom stereocenters. The van der Waals surface area contributed by atoms with Gasteiger partial charge in [-0.1, -0.05) is 71.7 Å². The van der Waals surface area contributed by atoms with Gasteiger partial charge in [0.1, 0.15) is 23.8 Å². The fraction of sp³-hybridized carbons (Fsp3) is 0.161. The molecule has 1 aromatic heterocycles. The van der Waals surface area contributed by atoms with Crippen molar-refractivity contribution in [2.75, 3.05) is 7.11 Å². The summed E-state index contributed by atoms with van der Waals surface area (Å²) >= 11 is 12.9. The Bertz CT molecular complexity index is 1610. The van der Waals surface area contributed by atoms with E-state index in [0.29, 0.717) is 26.9 Å². The van der Waals surface area contributed by atoms with Crippen LogP contribution in [0.5, 0.6) is 5.75 Å². The van der Waals surface area contributed by atoms with Gasteiger partial charge in [-0.05, 0) is 70.8 Å². The molecule has 0 aliphatic rings. The third-order valence-corrected chi connectivity index (χ3v) is 6.99. The predicted octanol–water partition coefficient (Wildman–Crippen LogP) is 8.79. The smallest absolute Gasteiger partial charge is 0.337 e. The molecule has 38 heavy (non-hydrogen) atoms. The Labute approximate surface area is 230 Å². The normalized spacial score (nSPS) is 11.1. The third-order valence-electron chi connectivity index (χ3n) is 6.36. The molecule has 5 aromatic rings. The van der Waals surface area contributed by atoms with Crippen molar-refractivity contribution in [3.8, 4) is 28.1 Å². The van der Waals surface area contributed by atoms with Crippen LogP contribution in [0, 0.1) is 0 Å². The van der Waals surface area contributed by atoms with Gasteiger partial charge in [0.25, 0.3) is 0 Å². The van der Waals surface area contributed by atoms with E-state index in [0.717, 1.165) is 51.8 Å². The quantitative estimate of drug-likeness (QED) is 0.182. The van der Waals surface area contributed by atoms with Crippen LogP contribution >= 0.6 is 23.2 Å². The number of halogens is 2. The monoisotopic (exact) mass is 545 g/mol. The summed E-state index contributed by atoms with van der Waals surface area (Å²) in [5.41, 5.74) is 4.54. The van der Waals surface area contributed by atoms with Crippen LogP contribution in [0.1, 0.15) is 35.0 Å². The summed E-state index contributed by atoms with van der Waals surface area (Å²) in [6, 6.07) is 24.9. The second-order valence-electron chi connectivity index (χ2n) is 8.86. The third kappa shape index (κ3) is 5.26. The lowest BCUT2D eigenvalue weighted by molar-refractivity contribution is 0.0601. The number of nitrogens with zero attached hydrogens (tertiary/aromatic N) is 1. The van der Waals surface area contributed by atoms with Gasteiger partial charge in [0.15, 0.2) is 0 Å². The van der Waals surface area contributed by atoms with E-state index in [1.165, 1.54) is 7.11 Å². The van der Waals surface area contributed by atoms with Crippen LogP contribution in [0.15, 0.2) is 83.4 Å². The molecule has 0 bridgehead atoms. The Morgan fingerprint density at radius 1 is 0.895 bits per heavy atom.